The van der Waals surface area contributed by atoms with Gasteiger partial charge in [-0.2, -0.15) is 27.4 Å². The number of nitrogens with zero attached hydrogens (tertiary/aromatic N) is 5. The lowest BCUT2D eigenvalue weighted by atomic mass is 10.1. The van der Waals surface area contributed by atoms with Gasteiger partial charge >= 0.3 is 12.2 Å². The Hall–Kier alpha value is -3.45. The quantitative estimate of drug-likeness (QED) is 0.387. The number of alkyl halides is 3. The lowest BCUT2D eigenvalue weighted by Crippen LogP contribution is -2.29. The van der Waals surface area contributed by atoms with Gasteiger partial charge in [0.2, 0.25) is 10.0 Å². The van der Waals surface area contributed by atoms with E-state index in [1.165, 1.54) is 16.6 Å². The van der Waals surface area contributed by atoms with Crippen LogP contribution in [0.5, 0.6) is 6.01 Å². The molecule has 1 saturated carbocycles. The number of rotatable bonds is 7. The number of halogens is 3. The van der Waals surface area contributed by atoms with E-state index in [1.807, 2.05) is 0 Å². The van der Waals surface area contributed by atoms with Gasteiger partial charge in [-0.05, 0) is 81.3 Å². The average Bonchev–Trinajstić information content (AvgIpc) is 3.66. The van der Waals surface area contributed by atoms with E-state index >= 15 is 0 Å². The molecule has 2 fully saturated rings. The van der Waals surface area contributed by atoms with Gasteiger partial charge in [0.05, 0.1) is 16.2 Å². The Bertz CT molecular complexity index is 1520. The van der Waals surface area contributed by atoms with Crippen LogP contribution >= 0.6 is 0 Å². The summed E-state index contributed by atoms with van der Waals surface area (Å²) in [4.78, 5) is 15.3. The van der Waals surface area contributed by atoms with Gasteiger partial charge < -0.3 is 15.0 Å². The van der Waals surface area contributed by atoms with Gasteiger partial charge in [0.1, 0.15) is 17.7 Å². The van der Waals surface area contributed by atoms with Crippen LogP contribution in [0.1, 0.15) is 55.3 Å². The molecule has 3 aromatic rings. The van der Waals surface area contributed by atoms with Gasteiger partial charge in [-0.15, -0.1) is 0 Å². The predicted octanol–water partition coefficient (Wildman–Crippen LogP) is 5.35. The number of aromatic nitrogens is 3. The van der Waals surface area contributed by atoms with E-state index in [4.69, 9.17) is 14.7 Å². The lowest BCUT2D eigenvalue weighted by Gasteiger charge is -2.24. The molecule has 1 aromatic carbocycles. The van der Waals surface area contributed by atoms with Crippen molar-refractivity contribution in [3.8, 4) is 6.01 Å². The first-order valence-electron chi connectivity index (χ1n) is 14.4. The molecule has 2 aromatic heterocycles. The Morgan fingerprint density at radius 1 is 0.905 bits per heavy atom. The molecule has 0 amide bonds. The molecule has 4 heterocycles. The molecule has 0 spiro atoms. The standard InChI is InChI=1S/C29H33F3N6O3S/c30-29(31,32)24-8-5-15-33-27(24)37-18-13-23-25(14-19-37)35-28(41-21-6-1-2-7-21)36-26(23)34-20-9-11-22(12-10-20)42(39,40)38-16-3-4-17-38/h5,8-12,15,21H,1-4,6-7,13-14,16-19H2,(H,34,35,36). The fourth-order valence-electron chi connectivity index (χ4n) is 5.89. The second-order valence-electron chi connectivity index (χ2n) is 10.9. The Kier molecular flexibility index (Phi) is 7.97. The third-order valence-corrected chi connectivity index (χ3v) is 10.0. The molecule has 0 unspecified atom stereocenters. The third kappa shape index (κ3) is 6.03. The fraction of sp³-hybridized carbons (Fsp3) is 0.483. The highest BCUT2D eigenvalue weighted by molar-refractivity contribution is 7.89. The zero-order chi connectivity index (χ0) is 29.3. The molecule has 13 heteroatoms. The Balaban J connectivity index is 1.28. The minimum atomic E-state index is -4.52. The van der Waals surface area contributed by atoms with Crippen LogP contribution < -0.4 is 15.0 Å². The number of sulfonamides is 1. The van der Waals surface area contributed by atoms with E-state index in [9.17, 15) is 21.6 Å². The molecule has 0 radical (unpaired) electrons. The van der Waals surface area contributed by atoms with Crippen molar-refractivity contribution in [3.63, 3.8) is 0 Å². The zero-order valence-corrected chi connectivity index (χ0v) is 23.9. The normalized spacial score (nSPS) is 18.6. The second kappa shape index (κ2) is 11.7. The molecule has 9 nitrogen and oxygen atoms in total. The first-order chi connectivity index (χ1) is 20.2. The molecule has 6 rings (SSSR count). The van der Waals surface area contributed by atoms with Gasteiger partial charge in [0, 0.05) is 50.0 Å². The monoisotopic (exact) mass is 602 g/mol. The van der Waals surface area contributed by atoms with Crippen LogP contribution in [0.2, 0.25) is 0 Å². The van der Waals surface area contributed by atoms with E-state index in [1.54, 1.807) is 29.2 Å². The summed E-state index contributed by atoms with van der Waals surface area (Å²) in [5.41, 5.74) is 1.36. The number of ether oxygens (including phenoxy) is 1. The van der Waals surface area contributed by atoms with Gasteiger partial charge in [-0.3, -0.25) is 0 Å². The van der Waals surface area contributed by atoms with Crippen molar-refractivity contribution in [2.75, 3.05) is 36.4 Å². The molecule has 224 valence electrons. The lowest BCUT2D eigenvalue weighted by molar-refractivity contribution is -0.137. The molecule has 1 aliphatic carbocycles. The predicted molar refractivity (Wildman–Crippen MR) is 151 cm³/mol. The van der Waals surface area contributed by atoms with Gasteiger partial charge in [0.25, 0.3) is 0 Å². The minimum absolute atomic E-state index is 0.0242. The van der Waals surface area contributed by atoms with Crippen LogP contribution in [0, 0.1) is 0 Å². The van der Waals surface area contributed by atoms with E-state index in [2.05, 4.69) is 10.3 Å². The van der Waals surface area contributed by atoms with Crippen LogP contribution in [-0.2, 0) is 29.0 Å². The van der Waals surface area contributed by atoms with E-state index in [0.717, 1.165) is 50.2 Å². The van der Waals surface area contributed by atoms with Crippen molar-refractivity contribution >= 4 is 27.3 Å². The molecule has 1 N–H and O–H groups in total. The summed E-state index contributed by atoms with van der Waals surface area (Å²) in [6.07, 6.45) is 3.36. The molecular formula is C29H33F3N6O3S. The van der Waals surface area contributed by atoms with Gasteiger partial charge in [-0.1, -0.05) is 0 Å². The van der Waals surface area contributed by atoms with Gasteiger partial charge in [-0.25, -0.2) is 13.4 Å². The third-order valence-electron chi connectivity index (χ3n) is 8.11. The molecule has 2 aliphatic heterocycles. The van der Waals surface area contributed by atoms with Crippen LogP contribution in [-0.4, -0.2) is 60.0 Å². The smallest absolute Gasteiger partial charge is 0.419 e. The summed E-state index contributed by atoms with van der Waals surface area (Å²) in [5, 5.41) is 3.31. The van der Waals surface area contributed by atoms with Crippen LogP contribution in [0.15, 0.2) is 47.5 Å². The van der Waals surface area contributed by atoms with Crippen molar-refractivity contribution in [2.24, 2.45) is 0 Å². The fourth-order valence-corrected chi connectivity index (χ4v) is 7.41. The topological polar surface area (TPSA) is 101 Å². The molecular weight excluding hydrogens is 569 g/mol. The molecule has 3 aliphatic rings. The summed E-state index contributed by atoms with van der Waals surface area (Å²) in [6, 6.07) is 9.12. The Morgan fingerprint density at radius 2 is 1.62 bits per heavy atom. The average molecular weight is 603 g/mol. The van der Waals surface area contributed by atoms with Crippen LogP contribution in [0.4, 0.5) is 30.5 Å². The Labute approximate surface area is 243 Å². The summed E-state index contributed by atoms with van der Waals surface area (Å²) in [7, 11) is -3.55. The van der Waals surface area contributed by atoms with Crippen LogP contribution in [0.25, 0.3) is 0 Å². The first kappa shape index (κ1) is 28.7. The summed E-state index contributed by atoms with van der Waals surface area (Å²) in [5.74, 6) is 0.402. The second-order valence-corrected chi connectivity index (χ2v) is 12.9. The summed E-state index contributed by atoms with van der Waals surface area (Å²) < 4.78 is 74.8. The zero-order valence-electron chi connectivity index (χ0n) is 23.1. The van der Waals surface area contributed by atoms with Crippen LogP contribution in [0.3, 0.4) is 0 Å². The number of anilines is 3. The highest BCUT2D eigenvalue weighted by Gasteiger charge is 2.36. The van der Waals surface area contributed by atoms with E-state index in [-0.39, 0.29) is 22.8 Å². The van der Waals surface area contributed by atoms with Crippen molar-refractivity contribution in [3.05, 3.63) is 59.4 Å². The number of hydrogen-bond donors (Lipinski definition) is 1. The summed E-state index contributed by atoms with van der Waals surface area (Å²) in [6.45, 7) is 1.65. The Morgan fingerprint density at radius 3 is 2.33 bits per heavy atom. The first-order valence-corrected chi connectivity index (χ1v) is 15.8. The number of nitrogens with one attached hydrogen (secondary N) is 1. The number of pyridine rings is 1. The largest absolute Gasteiger partial charge is 0.460 e. The maximum absolute atomic E-state index is 13.8. The van der Waals surface area contributed by atoms with Crippen molar-refractivity contribution in [2.45, 2.75) is 68.5 Å². The van der Waals surface area contributed by atoms with Crippen molar-refractivity contribution in [1.29, 1.82) is 0 Å². The van der Waals surface area contributed by atoms with Gasteiger partial charge in [0.15, 0.2) is 0 Å². The number of benzene rings is 1. The molecule has 0 atom stereocenters. The van der Waals surface area contributed by atoms with Crippen molar-refractivity contribution in [1.82, 2.24) is 19.3 Å². The SMILES string of the molecule is O=S(=O)(c1ccc(Nc2nc(OC3CCCC3)nc3c2CCN(c2ncccc2C(F)(F)F)CC3)cc1)N1CCCC1. The summed E-state index contributed by atoms with van der Waals surface area (Å²) >= 11 is 0. The van der Waals surface area contributed by atoms with E-state index < -0.39 is 21.8 Å². The molecule has 42 heavy (non-hydrogen) atoms. The maximum Gasteiger partial charge on any atom is 0.419 e. The number of hydrogen-bond acceptors (Lipinski definition) is 8. The minimum Gasteiger partial charge on any atom is -0.460 e. The molecule has 0 bridgehead atoms. The van der Waals surface area contributed by atoms with Crippen molar-refractivity contribution < 1.29 is 26.3 Å². The highest BCUT2D eigenvalue weighted by atomic mass is 32.2. The highest BCUT2D eigenvalue weighted by Crippen LogP contribution is 2.37. The maximum atomic E-state index is 13.8. The number of fused-ring (bicyclic) bond motifs is 1. The molecule has 1 saturated heterocycles. The van der Waals surface area contributed by atoms with E-state index in [0.29, 0.717) is 56.2 Å².